The molecule has 0 radical (unpaired) electrons. The molecule has 1 aromatic rings. The predicted octanol–water partition coefficient (Wildman–Crippen LogP) is 2.03. The van der Waals surface area contributed by atoms with E-state index in [0.29, 0.717) is 19.4 Å². The number of carbonyl (C=O) groups is 1. The third-order valence-electron chi connectivity index (χ3n) is 3.16. The summed E-state index contributed by atoms with van der Waals surface area (Å²) in [7, 11) is -0.390. The van der Waals surface area contributed by atoms with Crippen LogP contribution in [0.3, 0.4) is 0 Å². The summed E-state index contributed by atoms with van der Waals surface area (Å²) in [4.78, 5) is 12.0. The Kier molecular flexibility index (Phi) is 6.14. The number of nitrogens with zero attached hydrogens (tertiary/aromatic N) is 1. The lowest BCUT2D eigenvalue weighted by Gasteiger charge is -2.18. The Morgan fingerprint density at radius 2 is 1.68 bits per heavy atom. The van der Waals surface area contributed by atoms with Crippen molar-refractivity contribution >= 4 is 15.9 Å². The lowest BCUT2D eigenvalue weighted by Crippen LogP contribution is -2.32. The van der Waals surface area contributed by atoms with Crippen LogP contribution in [0.4, 0.5) is 0 Å². The van der Waals surface area contributed by atoms with E-state index in [9.17, 15) is 13.2 Å². The number of rotatable bonds is 6. The molecular formula is C16H26N2O3S. The highest BCUT2D eigenvalue weighted by molar-refractivity contribution is 7.89. The van der Waals surface area contributed by atoms with E-state index in [1.165, 1.54) is 18.4 Å². The maximum atomic E-state index is 12.0. The zero-order chi connectivity index (χ0) is 17.0. The summed E-state index contributed by atoms with van der Waals surface area (Å²) in [5.41, 5.74) is 1.02. The number of benzene rings is 1. The van der Waals surface area contributed by atoms with Crippen molar-refractivity contribution in [3.63, 3.8) is 0 Å². The van der Waals surface area contributed by atoms with Crippen LogP contribution in [0, 0.1) is 5.41 Å². The van der Waals surface area contributed by atoms with Crippen LogP contribution >= 0.6 is 0 Å². The van der Waals surface area contributed by atoms with Crippen LogP contribution in [0.1, 0.15) is 32.8 Å². The molecule has 1 N–H and O–H groups in total. The molecule has 124 valence electrons. The highest BCUT2D eigenvalue weighted by atomic mass is 32.2. The van der Waals surface area contributed by atoms with Crippen LogP contribution in [0.25, 0.3) is 0 Å². The van der Waals surface area contributed by atoms with Gasteiger partial charge in [-0.2, -0.15) is 0 Å². The molecule has 22 heavy (non-hydrogen) atoms. The van der Waals surface area contributed by atoms with E-state index >= 15 is 0 Å². The van der Waals surface area contributed by atoms with Crippen LogP contribution in [0.15, 0.2) is 29.2 Å². The van der Waals surface area contributed by atoms with Gasteiger partial charge in [-0.05, 0) is 29.5 Å². The molecule has 0 aromatic heterocycles. The molecule has 1 amide bonds. The van der Waals surface area contributed by atoms with E-state index < -0.39 is 10.0 Å². The molecule has 0 saturated carbocycles. The van der Waals surface area contributed by atoms with E-state index in [0.717, 1.165) is 5.56 Å². The largest absolute Gasteiger partial charge is 0.356 e. The van der Waals surface area contributed by atoms with E-state index in [-0.39, 0.29) is 16.2 Å². The van der Waals surface area contributed by atoms with Gasteiger partial charge in [-0.15, -0.1) is 0 Å². The molecule has 0 saturated heterocycles. The molecule has 6 heteroatoms. The van der Waals surface area contributed by atoms with Gasteiger partial charge >= 0.3 is 0 Å². The van der Waals surface area contributed by atoms with Gasteiger partial charge in [0, 0.05) is 27.1 Å². The van der Waals surface area contributed by atoms with E-state index in [1.54, 1.807) is 24.3 Å². The Morgan fingerprint density at radius 1 is 1.14 bits per heavy atom. The molecule has 1 aromatic carbocycles. The van der Waals surface area contributed by atoms with Gasteiger partial charge in [0.2, 0.25) is 15.9 Å². The lowest BCUT2D eigenvalue weighted by atomic mass is 9.97. The lowest BCUT2D eigenvalue weighted by molar-refractivity contribution is -0.121. The average Bonchev–Trinajstić information content (AvgIpc) is 2.42. The van der Waals surface area contributed by atoms with Crippen molar-refractivity contribution in [3.05, 3.63) is 29.8 Å². The Labute approximate surface area is 133 Å². The monoisotopic (exact) mass is 326 g/mol. The molecule has 0 aliphatic rings. The molecular weight excluding hydrogens is 300 g/mol. The maximum Gasteiger partial charge on any atom is 0.242 e. The Hall–Kier alpha value is -1.40. The number of amides is 1. The zero-order valence-electron chi connectivity index (χ0n) is 14.0. The second-order valence-corrected chi connectivity index (χ2v) is 8.92. The summed E-state index contributed by atoms with van der Waals surface area (Å²) >= 11 is 0. The predicted molar refractivity (Wildman–Crippen MR) is 88.1 cm³/mol. The molecule has 1 rings (SSSR count). The van der Waals surface area contributed by atoms with Crippen LogP contribution < -0.4 is 5.32 Å². The van der Waals surface area contributed by atoms with Crippen molar-refractivity contribution in [1.29, 1.82) is 0 Å². The Balaban J connectivity index is 2.57. The Bertz CT molecular complexity index is 599. The summed E-state index contributed by atoms with van der Waals surface area (Å²) in [5, 5.41) is 2.90. The van der Waals surface area contributed by atoms with Crippen LogP contribution in [-0.2, 0) is 21.2 Å². The highest BCUT2D eigenvalue weighted by Gasteiger charge is 2.16. The van der Waals surface area contributed by atoms with Crippen molar-refractivity contribution in [1.82, 2.24) is 9.62 Å². The van der Waals surface area contributed by atoms with Crippen molar-refractivity contribution < 1.29 is 13.2 Å². The van der Waals surface area contributed by atoms with Crippen molar-refractivity contribution in [2.75, 3.05) is 20.6 Å². The zero-order valence-corrected chi connectivity index (χ0v) is 14.8. The van der Waals surface area contributed by atoms with E-state index in [1.807, 2.05) is 0 Å². The first-order valence-electron chi connectivity index (χ1n) is 7.30. The molecule has 0 unspecified atom stereocenters. The fourth-order valence-corrected chi connectivity index (χ4v) is 2.65. The van der Waals surface area contributed by atoms with E-state index in [4.69, 9.17) is 0 Å². The summed E-state index contributed by atoms with van der Waals surface area (Å²) in [6, 6.07) is 6.68. The minimum absolute atomic E-state index is 0.0138. The fraction of sp³-hybridized carbons (Fsp3) is 0.562. The summed E-state index contributed by atoms with van der Waals surface area (Å²) in [6.45, 7) is 6.84. The van der Waals surface area contributed by atoms with Crippen molar-refractivity contribution in [2.24, 2.45) is 5.41 Å². The fourth-order valence-electron chi connectivity index (χ4n) is 1.75. The number of hydrogen-bond donors (Lipinski definition) is 1. The van der Waals surface area contributed by atoms with Crippen molar-refractivity contribution in [3.8, 4) is 0 Å². The summed E-state index contributed by atoms with van der Waals surface area (Å²) in [6.07, 6.45) is 0.994. The van der Waals surface area contributed by atoms with Gasteiger partial charge < -0.3 is 5.32 Å². The van der Waals surface area contributed by atoms with Gasteiger partial charge in [0.05, 0.1) is 4.90 Å². The van der Waals surface area contributed by atoms with Crippen LogP contribution in [0.2, 0.25) is 0 Å². The molecule has 0 aliphatic carbocycles. The molecule has 5 nitrogen and oxygen atoms in total. The van der Waals surface area contributed by atoms with Crippen molar-refractivity contribution in [2.45, 2.75) is 38.5 Å². The quantitative estimate of drug-likeness (QED) is 0.870. The third-order valence-corrected chi connectivity index (χ3v) is 4.99. The van der Waals surface area contributed by atoms with Crippen LogP contribution in [0.5, 0.6) is 0 Å². The minimum Gasteiger partial charge on any atom is -0.356 e. The first kappa shape index (κ1) is 18.6. The molecule has 0 atom stereocenters. The third kappa shape index (κ3) is 5.77. The second-order valence-electron chi connectivity index (χ2n) is 6.77. The normalized spacial score (nSPS) is 12.5. The molecule has 0 aliphatic heterocycles. The van der Waals surface area contributed by atoms with Gasteiger partial charge in [0.15, 0.2) is 0 Å². The van der Waals surface area contributed by atoms with Gasteiger partial charge in [0.1, 0.15) is 0 Å². The number of carbonyl (C=O) groups excluding carboxylic acids is 1. The highest BCUT2D eigenvalue weighted by Crippen LogP contribution is 2.15. The molecule has 0 bridgehead atoms. The maximum absolute atomic E-state index is 12.0. The van der Waals surface area contributed by atoms with Gasteiger partial charge in [0.25, 0.3) is 0 Å². The number of nitrogens with one attached hydrogen (secondary N) is 1. The van der Waals surface area contributed by atoms with Crippen LogP contribution in [-0.4, -0.2) is 39.3 Å². The standard InChI is InChI=1S/C16H26N2O3S/c1-16(2,3)12-17-15(19)11-8-13-6-9-14(10-7-13)22(20,21)18(4)5/h6-7,9-10H,8,11-12H2,1-5H3,(H,17,19). The first-order chi connectivity index (χ1) is 10.0. The topological polar surface area (TPSA) is 66.5 Å². The van der Waals surface area contributed by atoms with Gasteiger partial charge in [-0.3, -0.25) is 4.79 Å². The minimum atomic E-state index is -3.40. The molecule has 0 heterocycles. The van der Waals surface area contributed by atoms with Gasteiger partial charge in [-0.1, -0.05) is 32.9 Å². The summed E-state index contributed by atoms with van der Waals surface area (Å²) < 4.78 is 25.1. The SMILES string of the molecule is CN(C)S(=O)(=O)c1ccc(CCC(=O)NCC(C)(C)C)cc1. The smallest absolute Gasteiger partial charge is 0.242 e. The van der Waals surface area contributed by atoms with Gasteiger partial charge in [-0.25, -0.2) is 12.7 Å². The number of sulfonamides is 1. The second kappa shape index (κ2) is 7.24. The first-order valence-corrected chi connectivity index (χ1v) is 8.74. The van der Waals surface area contributed by atoms with E-state index in [2.05, 4.69) is 26.1 Å². The summed E-state index contributed by atoms with van der Waals surface area (Å²) in [5.74, 6) is 0.0138. The molecule has 0 fully saturated rings. The molecule has 0 spiro atoms. The Morgan fingerprint density at radius 3 is 2.14 bits per heavy atom. The number of hydrogen-bond acceptors (Lipinski definition) is 3. The number of aryl methyl sites for hydroxylation is 1. The average molecular weight is 326 g/mol.